The largest absolute Gasteiger partial charge is 0.481 e. The molecule has 0 radical (unpaired) electrons. The van der Waals surface area contributed by atoms with Gasteiger partial charge in [-0.3, -0.25) is 14.5 Å². The summed E-state index contributed by atoms with van der Waals surface area (Å²) in [5, 5.41) is 26.9. The minimum Gasteiger partial charge on any atom is -0.481 e. The third-order valence-corrected chi connectivity index (χ3v) is 15.2. The number of carboxylic acid groups (broad SMARTS) is 1. The van der Waals surface area contributed by atoms with Crippen molar-refractivity contribution in [3.05, 3.63) is 0 Å². The first kappa shape index (κ1) is 37.5. The Labute approximate surface area is 295 Å². The number of hydrogen-bond acceptors (Lipinski definition) is 9. The molecular formula is C39H67NO9. The number of aliphatic hydroxyl groups excluding tert-OH is 1. The van der Waals surface area contributed by atoms with Crippen LogP contribution in [0, 0.1) is 45.3 Å². The third-order valence-electron chi connectivity index (χ3n) is 15.2. The average Bonchev–Trinajstić information content (AvgIpc) is 3.61. The van der Waals surface area contributed by atoms with E-state index >= 15 is 0 Å². The van der Waals surface area contributed by atoms with Gasteiger partial charge in [0.1, 0.15) is 0 Å². The van der Waals surface area contributed by atoms with E-state index in [1.807, 2.05) is 0 Å². The molecule has 2 saturated heterocycles. The molecule has 0 amide bonds. The van der Waals surface area contributed by atoms with Gasteiger partial charge in [0.2, 0.25) is 0 Å². The van der Waals surface area contributed by atoms with Crippen LogP contribution in [0.4, 0.5) is 0 Å². The summed E-state index contributed by atoms with van der Waals surface area (Å²) in [6.07, 6.45) is 12.0. The van der Waals surface area contributed by atoms with Crippen molar-refractivity contribution >= 4 is 11.9 Å². The molecule has 5 aliphatic carbocycles. The lowest BCUT2D eigenvalue weighted by Crippen LogP contribution is -2.56. The van der Waals surface area contributed by atoms with E-state index in [0.29, 0.717) is 47.0 Å². The zero-order valence-corrected chi connectivity index (χ0v) is 31.2. The van der Waals surface area contributed by atoms with Gasteiger partial charge in [0.25, 0.3) is 0 Å². The highest BCUT2D eigenvalue weighted by Gasteiger charge is 2.80. The lowest BCUT2D eigenvalue weighted by Gasteiger charge is -2.60. The lowest BCUT2D eigenvalue weighted by atomic mass is 9.46. The van der Waals surface area contributed by atoms with Crippen LogP contribution in [-0.4, -0.2) is 102 Å². The monoisotopic (exact) mass is 693 g/mol. The standard InChI is InChI=1S/C38H61NO8.CH4O.H2/c1-23(40)45-33(35(4,5)43)27-11-9-25-28(46-27)20-26-24-10-12-29-34(2,3)30(13-14-38(29)22-37(24,38)16-15-36(25,26)6)47-32-21-39(18-19-44-32)17-7-8-31(41)42;1-2;/h24-30,32-33,43H,7-22H2,1-6H3,(H,41,42);2H,1H3;1H/t24?,25?,26?,27?,28?,29?,30-,32?,33-,36?,37-,38?;;/m0../s1. The van der Waals surface area contributed by atoms with Gasteiger partial charge in [0, 0.05) is 35.0 Å². The normalized spacial score (nSPS) is 44.4. The Hall–Kier alpha value is -1.30. The van der Waals surface area contributed by atoms with Crippen LogP contribution in [0.3, 0.4) is 0 Å². The van der Waals surface area contributed by atoms with Crippen LogP contribution in [0.1, 0.15) is 120 Å². The molecule has 0 aromatic carbocycles. The molecule has 7 rings (SSSR count). The first-order valence-corrected chi connectivity index (χ1v) is 19.3. The van der Waals surface area contributed by atoms with Gasteiger partial charge in [0.05, 0.1) is 30.5 Å². The Morgan fingerprint density at radius 2 is 1.73 bits per heavy atom. The van der Waals surface area contributed by atoms with Crippen molar-refractivity contribution in [3.63, 3.8) is 0 Å². The summed E-state index contributed by atoms with van der Waals surface area (Å²) in [6.45, 7) is 15.3. The first-order valence-electron chi connectivity index (χ1n) is 19.3. The number of fused-ring (bicyclic) bond motifs is 4. The van der Waals surface area contributed by atoms with Gasteiger partial charge in [-0.05, 0) is 136 Å². The van der Waals surface area contributed by atoms with E-state index in [1.165, 1.54) is 45.4 Å². The maximum atomic E-state index is 12.0. The lowest BCUT2D eigenvalue weighted by molar-refractivity contribution is -0.245. The fraction of sp³-hybridized carbons (Fsp3) is 0.949. The zero-order valence-electron chi connectivity index (χ0n) is 31.2. The molecule has 5 saturated carbocycles. The van der Waals surface area contributed by atoms with E-state index in [4.69, 9.17) is 29.2 Å². The van der Waals surface area contributed by atoms with Crippen molar-refractivity contribution in [1.82, 2.24) is 4.90 Å². The summed E-state index contributed by atoms with van der Waals surface area (Å²) in [4.78, 5) is 25.3. The van der Waals surface area contributed by atoms with Crippen molar-refractivity contribution in [3.8, 4) is 0 Å². The topological polar surface area (TPSA) is 135 Å². The first-order chi connectivity index (χ1) is 23.1. The van der Waals surface area contributed by atoms with E-state index in [2.05, 4.69) is 25.7 Å². The van der Waals surface area contributed by atoms with Crippen LogP contribution in [0.2, 0.25) is 0 Å². The van der Waals surface area contributed by atoms with Gasteiger partial charge < -0.3 is 34.3 Å². The SMILES string of the molecule is CC(=O)O[C@@H](C1CCC2C(CC3C4CCC5C(C)(C)[C@@H](OC6CN(CCCC(=O)O)CCO6)CCC56C[C@@]46CCC23C)O1)C(C)(C)O.CO.[HH]. The molecule has 0 aromatic heterocycles. The van der Waals surface area contributed by atoms with Crippen molar-refractivity contribution in [2.75, 3.05) is 33.4 Å². The second kappa shape index (κ2) is 13.6. The number of hydrogen-bond donors (Lipinski definition) is 3. The molecule has 3 N–H and O–H groups in total. The molecule has 7 fully saturated rings. The highest BCUT2D eigenvalue weighted by molar-refractivity contribution is 5.66. The number of carbonyl (C=O) groups excluding carboxylic acids is 1. The summed E-state index contributed by atoms with van der Waals surface area (Å²) in [5.41, 5.74) is 0.0882. The van der Waals surface area contributed by atoms with E-state index in [0.717, 1.165) is 58.3 Å². The molecule has 0 aromatic rings. The number of morpholine rings is 1. The van der Waals surface area contributed by atoms with Crippen molar-refractivity contribution in [2.45, 2.75) is 155 Å². The molecule has 2 spiro atoms. The fourth-order valence-corrected chi connectivity index (χ4v) is 13.2. The molecule has 10 nitrogen and oxygen atoms in total. The number of esters is 1. The number of aliphatic carboxylic acids is 1. The molecule has 12 atom stereocenters. The molecule has 9 unspecified atom stereocenters. The molecule has 2 aliphatic heterocycles. The van der Waals surface area contributed by atoms with Crippen LogP contribution in [0.5, 0.6) is 0 Å². The van der Waals surface area contributed by atoms with Gasteiger partial charge in [-0.1, -0.05) is 20.8 Å². The third kappa shape index (κ3) is 6.40. The van der Waals surface area contributed by atoms with Gasteiger partial charge >= 0.3 is 11.9 Å². The van der Waals surface area contributed by atoms with Gasteiger partial charge in [0.15, 0.2) is 12.4 Å². The minimum atomic E-state index is -1.15. The van der Waals surface area contributed by atoms with Crippen LogP contribution in [0.15, 0.2) is 0 Å². The highest BCUT2D eigenvalue weighted by atomic mass is 16.7. The van der Waals surface area contributed by atoms with Crippen molar-refractivity contribution in [1.29, 1.82) is 0 Å². The Morgan fingerprint density at radius 1 is 1.00 bits per heavy atom. The molecule has 7 aliphatic rings. The Kier molecular flexibility index (Phi) is 10.4. The second-order valence-corrected chi connectivity index (χ2v) is 18.2. The van der Waals surface area contributed by atoms with Gasteiger partial charge in [-0.15, -0.1) is 0 Å². The van der Waals surface area contributed by atoms with E-state index in [1.54, 1.807) is 13.8 Å². The van der Waals surface area contributed by atoms with Gasteiger partial charge in [-0.2, -0.15) is 0 Å². The molecule has 0 bridgehead atoms. The minimum absolute atomic E-state index is 0. The van der Waals surface area contributed by atoms with Crippen LogP contribution < -0.4 is 0 Å². The summed E-state index contributed by atoms with van der Waals surface area (Å²) in [7, 11) is 1.00. The number of aliphatic hydroxyl groups is 2. The Morgan fingerprint density at radius 3 is 2.43 bits per heavy atom. The molecule has 10 heteroatoms. The number of carboxylic acids is 1. The Balaban J connectivity index is 0.00000159. The summed E-state index contributed by atoms with van der Waals surface area (Å²) < 4.78 is 25.5. The fourth-order valence-electron chi connectivity index (χ4n) is 13.2. The smallest absolute Gasteiger partial charge is 0.303 e. The van der Waals surface area contributed by atoms with Crippen LogP contribution >= 0.6 is 0 Å². The second-order valence-electron chi connectivity index (χ2n) is 18.2. The molecule has 282 valence electrons. The maximum absolute atomic E-state index is 12.0. The van der Waals surface area contributed by atoms with Gasteiger partial charge in [-0.25, -0.2) is 0 Å². The number of carbonyl (C=O) groups is 2. The average molecular weight is 694 g/mol. The van der Waals surface area contributed by atoms with Crippen molar-refractivity contribution in [2.24, 2.45) is 45.3 Å². The number of nitrogens with zero attached hydrogens (tertiary/aromatic N) is 1. The predicted octanol–water partition coefficient (Wildman–Crippen LogP) is 5.66. The zero-order chi connectivity index (χ0) is 35.6. The number of rotatable bonds is 9. The molecule has 2 heterocycles. The molecule has 49 heavy (non-hydrogen) atoms. The quantitative estimate of drug-likeness (QED) is 0.260. The predicted molar refractivity (Wildman–Crippen MR) is 186 cm³/mol. The summed E-state index contributed by atoms with van der Waals surface area (Å²) in [5.74, 6) is 1.51. The van der Waals surface area contributed by atoms with Crippen LogP contribution in [-0.2, 0) is 28.5 Å². The van der Waals surface area contributed by atoms with Crippen molar-refractivity contribution < 1.29 is 45.3 Å². The maximum Gasteiger partial charge on any atom is 0.303 e. The molecular weight excluding hydrogens is 626 g/mol. The summed E-state index contributed by atoms with van der Waals surface area (Å²) in [6, 6.07) is 0. The van der Waals surface area contributed by atoms with E-state index in [-0.39, 0.29) is 43.8 Å². The van der Waals surface area contributed by atoms with Crippen LogP contribution in [0.25, 0.3) is 0 Å². The van der Waals surface area contributed by atoms with E-state index in [9.17, 15) is 14.7 Å². The van der Waals surface area contributed by atoms with E-state index < -0.39 is 17.7 Å². The summed E-state index contributed by atoms with van der Waals surface area (Å²) >= 11 is 0. The highest BCUT2D eigenvalue weighted by Crippen LogP contribution is 2.87. The Bertz CT molecular complexity index is 1230. The number of ether oxygens (including phenoxy) is 4.